The Morgan fingerprint density at radius 2 is 2.00 bits per heavy atom. The molecule has 142 valence electrons. The first-order valence-corrected chi connectivity index (χ1v) is 9.02. The minimum Gasteiger partial charge on any atom is -0.378 e. The maximum Gasteiger partial charge on any atom is 0.293 e. The van der Waals surface area contributed by atoms with Crippen LogP contribution in [0.15, 0.2) is 36.4 Å². The summed E-state index contributed by atoms with van der Waals surface area (Å²) in [5.74, 6) is -0.351. The van der Waals surface area contributed by atoms with Crippen molar-refractivity contribution >= 4 is 23.0 Å². The Morgan fingerprint density at radius 3 is 2.67 bits per heavy atom. The highest BCUT2D eigenvalue weighted by Crippen LogP contribution is 2.30. The highest BCUT2D eigenvalue weighted by molar-refractivity contribution is 6.06. The van der Waals surface area contributed by atoms with E-state index in [1.165, 1.54) is 6.07 Å². The van der Waals surface area contributed by atoms with Crippen molar-refractivity contribution in [3.05, 3.63) is 63.2 Å². The van der Waals surface area contributed by atoms with Crippen LogP contribution in [0.5, 0.6) is 0 Å². The Hall–Kier alpha value is -2.93. The number of nitrogens with one attached hydrogen (secondary N) is 1. The highest BCUT2D eigenvalue weighted by Gasteiger charge is 2.23. The number of para-hydroxylation sites is 1. The van der Waals surface area contributed by atoms with Gasteiger partial charge in [-0.2, -0.15) is 0 Å². The minimum atomic E-state index is -0.438. The monoisotopic (exact) mass is 369 g/mol. The van der Waals surface area contributed by atoms with Crippen molar-refractivity contribution in [1.82, 2.24) is 0 Å². The number of amides is 1. The largest absolute Gasteiger partial charge is 0.378 e. The van der Waals surface area contributed by atoms with Gasteiger partial charge >= 0.3 is 0 Å². The zero-order valence-corrected chi connectivity index (χ0v) is 15.5. The second kappa shape index (κ2) is 8.18. The van der Waals surface area contributed by atoms with Gasteiger partial charge in [-0.3, -0.25) is 14.9 Å². The third-order valence-electron chi connectivity index (χ3n) is 4.76. The molecule has 1 aliphatic heterocycles. The van der Waals surface area contributed by atoms with Crippen LogP contribution in [-0.4, -0.2) is 37.1 Å². The summed E-state index contributed by atoms with van der Waals surface area (Å²) in [7, 11) is 0. The summed E-state index contributed by atoms with van der Waals surface area (Å²) in [4.78, 5) is 25.8. The van der Waals surface area contributed by atoms with Gasteiger partial charge < -0.3 is 15.0 Å². The van der Waals surface area contributed by atoms with E-state index >= 15 is 0 Å². The highest BCUT2D eigenvalue weighted by atomic mass is 16.6. The fourth-order valence-electron chi connectivity index (χ4n) is 3.27. The number of anilines is 2. The Morgan fingerprint density at radius 1 is 1.26 bits per heavy atom. The molecule has 0 atom stereocenters. The zero-order valence-electron chi connectivity index (χ0n) is 15.5. The van der Waals surface area contributed by atoms with E-state index in [0.717, 1.165) is 23.2 Å². The second-order valence-electron chi connectivity index (χ2n) is 6.48. The molecular formula is C20H23N3O4. The van der Waals surface area contributed by atoms with Gasteiger partial charge in [0.1, 0.15) is 5.69 Å². The van der Waals surface area contributed by atoms with E-state index in [1.807, 2.05) is 36.9 Å². The van der Waals surface area contributed by atoms with Crippen LogP contribution in [0.25, 0.3) is 0 Å². The Balaban J connectivity index is 1.90. The number of nitro benzene ring substituents is 1. The lowest BCUT2D eigenvalue weighted by Gasteiger charge is -2.28. The summed E-state index contributed by atoms with van der Waals surface area (Å²) in [6.07, 6.45) is 0.785. The number of rotatable bonds is 5. The summed E-state index contributed by atoms with van der Waals surface area (Å²) in [6.45, 7) is 6.20. The van der Waals surface area contributed by atoms with Crippen molar-refractivity contribution in [3.8, 4) is 0 Å². The Labute approximate surface area is 158 Å². The third-order valence-corrected chi connectivity index (χ3v) is 4.76. The van der Waals surface area contributed by atoms with Gasteiger partial charge in [-0.15, -0.1) is 0 Å². The normalized spacial score (nSPS) is 14.1. The first kappa shape index (κ1) is 18.8. The summed E-state index contributed by atoms with van der Waals surface area (Å²) in [6, 6.07) is 10.5. The van der Waals surface area contributed by atoms with Crippen LogP contribution in [-0.2, 0) is 11.2 Å². The molecule has 0 unspecified atom stereocenters. The average Bonchev–Trinajstić information content (AvgIpc) is 2.69. The molecule has 1 heterocycles. The number of benzene rings is 2. The summed E-state index contributed by atoms with van der Waals surface area (Å²) >= 11 is 0. The van der Waals surface area contributed by atoms with Crippen molar-refractivity contribution < 1.29 is 14.5 Å². The molecule has 0 radical (unpaired) electrons. The van der Waals surface area contributed by atoms with Crippen LogP contribution in [0.3, 0.4) is 0 Å². The van der Waals surface area contributed by atoms with E-state index in [0.29, 0.717) is 32.0 Å². The first-order chi connectivity index (χ1) is 13.0. The SMILES string of the molecule is CCc1cccc(C)c1NC(=O)c1ccc(N2CCOCC2)c([N+](=O)[O-])c1. The molecule has 0 aromatic heterocycles. The van der Waals surface area contributed by atoms with Gasteiger partial charge in [-0.25, -0.2) is 0 Å². The lowest BCUT2D eigenvalue weighted by Crippen LogP contribution is -2.36. The number of aryl methyl sites for hydroxylation is 2. The molecule has 0 aliphatic carbocycles. The standard InChI is InChI=1S/C20H23N3O4/c1-3-15-6-4-5-14(2)19(15)21-20(24)16-7-8-17(18(13-16)23(25)26)22-9-11-27-12-10-22/h4-8,13H,3,9-12H2,1-2H3,(H,21,24). The summed E-state index contributed by atoms with van der Waals surface area (Å²) < 4.78 is 5.31. The third kappa shape index (κ3) is 4.09. The number of nitro groups is 1. The second-order valence-corrected chi connectivity index (χ2v) is 6.48. The van der Waals surface area contributed by atoms with Gasteiger partial charge in [-0.05, 0) is 36.6 Å². The van der Waals surface area contributed by atoms with Gasteiger partial charge in [0.25, 0.3) is 11.6 Å². The Kier molecular flexibility index (Phi) is 5.71. The molecule has 2 aromatic rings. The molecule has 0 saturated carbocycles. The lowest BCUT2D eigenvalue weighted by atomic mass is 10.0. The molecule has 0 bridgehead atoms. The zero-order chi connectivity index (χ0) is 19.4. The van der Waals surface area contributed by atoms with Crippen molar-refractivity contribution in [3.63, 3.8) is 0 Å². The molecule has 1 saturated heterocycles. The number of carbonyl (C=O) groups is 1. The lowest BCUT2D eigenvalue weighted by molar-refractivity contribution is -0.384. The molecule has 1 aliphatic rings. The number of nitrogens with zero attached hydrogens (tertiary/aromatic N) is 2. The van der Waals surface area contributed by atoms with Gasteiger partial charge in [0.2, 0.25) is 0 Å². The number of morpholine rings is 1. The van der Waals surface area contributed by atoms with Gasteiger partial charge in [-0.1, -0.05) is 25.1 Å². The number of carbonyl (C=O) groups excluding carboxylic acids is 1. The van der Waals surface area contributed by atoms with Crippen LogP contribution in [0.4, 0.5) is 17.1 Å². The topological polar surface area (TPSA) is 84.7 Å². The smallest absolute Gasteiger partial charge is 0.293 e. The fraction of sp³-hybridized carbons (Fsp3) is 0.350. The molecule has 1 fully saturated rings. The van der Waals surface area contributed by atoms with Crippen molar-refractivity contribution in [2.24, 2.45) is 0 Å². The van der Waals surface area contributed by atoms with E-state index in [-0.39, 0.29) is 17.2 Å². The van der Waals surface area contributed by atoms with Gasteiger partial charge in [0.05, 0.1) is 18.1 Å². The average molecular weight is 369 g/mol. The maximum atomic E-state index is 12.7. The molecule has 1 N–H and O–H groups in total. The predicted octanol–water partition coefficient (Wildman–Crippen LogP) is 3.55. The molecular weight excluding hydrogens is 346 g/mol. The van der Waals surface area contributed by atoms with Crippen LogP contribution in [0.1, 0.15) is 28.4 Å². The molecule has 3 rings (SSSR count). The van der Waals surface area contributed by atoms with E-state index in [4.69, 9.17) is 4.74 Å². The van der Waals surface area contributed by atoms with E-state index < -0.39 is 4.92 Å². The number of hydrogen-bond acceptors (Lipinski definition) is 5. The van der Waals surface area contributed by atoms with Crippen molar-refractivity contribution in [2.75, 3.05) is 36.5 Å². The van der Waals surface area contributed by atoms with Crippen LogP contribution in [0, 0.1) is 17.0 Å². The number of ether oxygens (including phenoxy) is 1. The quantitative estimate of drug-likeness (QED) is 0.643. The van der Waals surface area contributed by atoms with Gasteiger partial charge in [0, 0.05) is 30.4 Å². The fourth-order valence-corrected chi connectivity index (χ4v) is 3.27. The van der Waals surface area contributed by atoms with Crippen LogP contribution >= 0.6 is 0 Å². The van der Waals surface area contributed by atoms with E-state index in [2.05, 4.69) is 5.32 Å². The molecule has 27 heavy (non-hydrogen) atoms. The minimum absolute atomic E-state index is 0.0648. The van der Waals surface area contributed by atoms with E-state index in [9.17, 15) is 14.9 Å². The molecule has 7 heteroatoms. The van der Waals surface area contributed by atoms with Gasteiger partial charge in [0.15, 0.2) is 0 Å². The van der Waals surface area contributed by atoms with Crippen LogP contribution in [0.2, 0.25) is 0 Å². The predicted molar refractivity (Wildman–Crippen MR) is 105 cm³/mol. The molecule has 0 spiro atoms. The Bertz CT molecular complexity index is 860. The molecule has 2 aromatic carbocycles. The summed E-state index contributed by atoms with van der Waals surface area (Å²) in [5.41, 5.74) is 3.48. The van der Waals surface area contributed by atoms with Crippen molar-refractivity contribution in [1.29, 1.82) is 0 Å². The first-order valence-electron chi connectivity index (χ1n) is 9.02. The van der Waals surface area contributed by atoms with Crippen molar-refractivity contribution in [2.45, 2.75) is 20.3 Å². The van der Waals surface area contributed by atoms with Crippen LogP contribution < -0.4 is 10.2 Å². The van der Waals surface area contributed by atoms with E-state index in [1.54, 1.807) is 12.1 Å². The maximum absolute atomic E-state index is 12.7. The number of hydrogen-bond donors (Lipinski definition) is 1. The molecule has 1 amide bonds. The molecule has 7 nitrogen and oxygen atoms in total. The summed E-state index contributed by atoms with van der Waals surface area (Å²) in [5, 5.41) is 14.5.